The van der Waals surface area contributed by atoms with Crippen LogP contribution in [0.5, 0.6) is 0 Å². The largest absolute Gasteiger partial charge is 0.352 e. The van der Waals surface area contributed by atoms with Gasteiger partial charge in [0.05, 0.1) is 6.33 Å². The van der Waals surface area contributed by atoms with E-state index in [1.54, 1.807) is 12.5 Å². The fourth-order valence-corrected chi connectivity index (χ4v) is 1.55. The number of aromatic nitrogens is 2. The molecule has 1 aromatic heterocycles. The molecule has 1 heterocycles. The van der Waals surface area contributed by atoms with Crippen molar-refractivity contribution in [2.75, 3.05) is 0 Å². The van der Waals surface area contributed by atoms with Crippen LogP contribution >= 0.6 is 0 Å². The first-order chi connectivity index (χ1) is 8.34. The van der Waals surface area contributed by atoms with E-state index in [0.29, 0.717) is 19.4 Å². The third-order valence-corrected chi connectivity index (χ3v) is 2.51. The second-order valence-corrected chi connectivity index (χ2v) is 3.84. The van der Waals surface area contributed by atoms with Crippen LogP contribution in [0.2, 0.25) is 0 Å². The lowest BCUT2D eigenvalue weighted by Gasteiger charge is -2.04. The molecule has 0 spiro atoms. The molecule has 0 aliphatic carbocycles. The minimum atomic E-state index is 0.0588. The van der Waals surface area contributed by atoms with Gasteiger partial charge in [-0.1, -0.05) is 30.3 Å². The van der Waals surface area contributed by atoms with Crippen LogP contribution in [0.1, 0.15) is 17.7 Å². The van der Waals surface area contributed by atoms with E-state index in [-0.39, 0.29) is 5.91 Å². The van der Waals surface area contributed by atoms with Gasteiger partial charge in [0.1, 0.15) is 0 Å². The van der Waals surface area contributed by atoms with Crippen molar-refractivity contribution >= 4 is 5.91 Å². The molecule has 2 aromatic rings. The number of amides is 1. The number of nitrogens with one attached hydrogen (secondary N) is 2. The number of aryl methyl sites for hydroxylation is 1. The molecule has 2 rings (SSSR count). The molecule has 1 amide bonds. The molecule has 4 heteroatoms. The van der Waals surface area contributed by atoms with E-state index in [2.05, 4.69) is 15.3 Å². The van der Waals surface area contributed by atoms with E-state index in [1.165, 1.54) is 0 Å². The van der Waals surface area contributed by atoms with Gasteiger partial charge in [-0.05, 0) is 12.0 Å². The summed E-state index contributed by atoms with van der Waals surface area (Å²) < 4.78 is 0. The van der Waals surface area contributed by atoms with E-state index in [4.69, 9.17) is 0 Å². The third-order valence-electron chi connectivity index (χ3n) is 2.51. The topological polar surface area (TPSA) is 57.8 Å². The number of nitrogens with zero attached hydrogens (tertiary/aromatic N) is 1. The van der Waals surface area contributed by atoms with Crippen molar-refractivity contribution < 1.29 is 4.79 Å². The first-order valence-electron chi connectivity index (χ1n) is 5.62. The molecule has 0 fully saturated rings. The summed E-state index contributed by atoms with van der Waals surface area (Å²) in [5.74, 6) is 0.0588. The number of carbonyl (C=O) groups is 1. The second-order valence-electron chi connectivity index (χ2n) is 3.84. The Hall–Kier alpha value is -2.10. The number of aromatic amines is 1. The fraction of sp³-hybridized carbons (Fsp3) is 0.231. The molecule has 1 aromatic carbocycles. The second kappa shape index (κ2) is 5.84. The summed E-state index contributed by atoms with van der Waals surface area (Å²) in [5, 5.41) is 2.89. The lowest BCUT2D eigenvalue weighted by Crippen LogP contribution is -2.22. The van der Waals surface area contributed by atoms with Gasteiger partial charge in [0.25, 0.3) is 0 Å². The van der Waals surface area contributed by atoms with Crippen molar-refractivity contribution in [2.24, 2.45) is 0 Å². The van der Waals surface area contributed by atoms with Crippen molar-refractivity contribution in [1.29, 1.82) is 0 Å². The summed E-state index contributed by atoms with van der Waals surface area (Å²) in [5.41, 5.74) is 2.10. The molecular weight excluding hydrogens is 214 g/mol. The van der Waals surface area contributed by atoms with Crippen molar-refractivity contribution in [3.8, 4) is 0 Å². The molecule has 0 saturated heterocycles. The molecule has 88 valence electrons. The van der Waals surface area contributed by atoms with Crippen molar-refractivity contribution in [1.82, 2.24) is 15.3 Å². The summed E-state index contributed by atoms with van der Waals surface area (Å²) in [6, 6.07) is 9.88. The van der Waals surface area contributed by atoms with Crippen molar-refractivity contribution in [3.05, 3.63) is 54.1 Å². The van der Waals surface area contributed by atoms with E-state index in [1.807, 2.05) is 30.3 Å². The minimum Gasteiger partial charge on any atom is -0.352 e. The van der Waals surface area contributed by atoms with Gasteiger partial charge in [0, 0.05) is 24.9 Å². The van der Waals surface area contributed by atoms with Gasteiger partial charge in [-0.15, -0.1) is 0 Å². The van der Waals surface area contributed by atoms with E-state index in [0.717, 1.165) is 11.3 Å². The average Bonchev–Trinajstić information content (AvgIpc) is 2.88. The van der Waals surface area contributed by atoms with Gasteiger partial charge in [-0.25, -0.2) is 4.98 Å². The normalized spacial score (nSPS) is 10.1. The highest BCUT2D eigenvalue weighted by Crippen LogP contribution is 1.99. The monoisotopic (exact) mass is 229 g/mol. The summed E-state index contributed by atoms with van der Waals surface area (Å²) in [4.78, 5) is 18.4. The van der Waals surface area contributed by atoms with Gasteiger partial charge in [0.2, 0.25) is 5.91 Å². The van der Waals surface area contributed by atoms with Gasteiger partial charge in [-0.3, -0.25) is 4.79 Å². The number of hydrogen-bond acceptors (Lipinski definition) is 2. The minimum absolute atomic E-state index is 0.0588. The average molecular weight is 229 g/mol. The highest BCUT2D eigenvalue weighted by molar-refractivity contribution is 5.76. The van der Waals surface area contributed by atoms with Crippen LogP contribution in [0.15, 0.2) is 42.9 Å². The summed E-state index contributed by atoms with van der Waals surface area (Å²) in [6.07, 6.45) is 4.54. The SMILES string of the molecule is O=C(CCc1cnc[nH]1)NCc1ccccc1. The third kappa shape index (κ3) is 3.75. The first-order valence-corrected chi connectivity index (χ1v) is 5.62. The zero-order valence-corrected chi connectivity index (χ0v) is 9.52. The smallest absolute Gasteiger partial charge is 0.220 e. The molecule has 2 N–H and O–H groups in total. The van der Waals surface area contributed by atoms with Gasteiger partial charge < -0.3 is 10.3 Å². The molecular formula is C13H15N3O. The van der Waals surface area contributed by atoms with Gasteiger partial charge in [0.15, 0.2) is 0 Å². The quantitative estimate of drug-likeness (QED) is 0.819. The van der Waals surface area contributed by atoms with Crippen LogP contribution in [0.25, 0.3) is 0 Å². The zero-order chi connectivity index (χ0) is 11.9. The maximum absolute atomic E-state index is 11.6. The van der Waals surface area contributed by atoms with E-state index >= 15 is 0 Å². The Labute approximate surface area is 100 Å². The summed E-state index contributed by atoms with van der Waals surface area (Å²) >= 11 is 0. The van der Waals surface area contributed by atoms with Crippen molar-refractivity contribution in [2.45, 2.75) is 19.4 Å². The fourth-order valence-electron chi connectivity index (χ4n) is 1.55. The maximum Gasteiger partial charge on any atom is 0.220 e. The van der Waals surface area contributed by atoms with Gasteiger partial charge in [-0.2, -0.15) is 0 Å². The Morgan fingerprint density at radius 1 is 1.29 bits per heavy atom. The Morgan fingerprint density at radius 2 is 2.12 bits per heavy atom. The lowest BCUT2D eigenvalue weighted by molar-refractivity contribution is -0.121. The molecule has 0 unspecified atom stereocenters. The molecule has 17 heavy (non-hydrogen) atoms. The number of H-pyrrole nitrogens is 1. The number of benzene rings is 1. The predicted molar refractivity (Wildman–Crippen MR) is 65.2 cm³/mol. The molecule has 0 saturated carbocycles. The molecule has 0 atom stereocenters. The summed E-state index contributed by atoms with van der Waals surface area (Å²) in [7, 11) is 0. The molecule has 0 aliphatic heterocycles. The lowest BCUT2D eigenvalue weighted by atomic mass is 10.2. The van der Waals surface area contributed by atoms with E-state index in [9.17, 15) is 4.79 Å². The van der Waals surface area contributed by atoms with Gasteiger partial charge >= 0.3 is 0 Å². The highest BCUT2D eigenvalue weighted by Gasteiger charge is 2.02. The Kier molecular flexibility index (Phi) is 3.91. The van der Waals surface area contributed by atoms with Crippen molar-refractivity contribution in [3.63, 3.8) is 0 Å². The number of hydrogen-bond donors (Lipinski definition) is 2. The van der Waals surface area contributed by atoms with Crippen LogP contribution in [0, 0.1) is 0 Å². The predicted octanol–water partition coefficient (Wildman–Crippen LogP) is 1.66. The zero-order valence-electron chi connectivity index (χ0n) is 9.52. The molecule has 0 aliphatic rings. The summed E-state index contributed by atoms with van der Waals surface area (Å²) in [6.45, 7) is 0.586. The number of carbonyl (C=O) groups excluding carboxylic acids is 1. The highest BCUT2D eigenvalue weighted by atomic mass is 16.1. The van der Waals surface area contributed by atoms with E-state index < -0.39 is 0 Å². The molecule has 0 radical (unpaired) electrons. The Bertz CT molecular complexity index is 451. The molecule has 0 bridgehead atoms. The van der Waals surface area contributed by atoms with Crippen LogP contribution in [0.4, 0.5) is 0 Å². The molecule has 4 nitrogen and oxygen atoms in total. The van der Waals surface area contributed by atoms with Crippen LogP contribution in [-0.2, 0) is 17.8 Å². The first kappa shape index (κ1) is 11.4. The Morgan fingerprint density at radius 3 is 2.82 bits per heavy atom. The van der Waals surface area contributed by atoms with Crippen LogP contribution < -0.4 is 5.32 Å². The maximum atomic E-state index is 11.6. The number of rotatable bonds is 5. The van der Waals surface area contributed by atoms with Crippen LogP contribution in [-0.4, -0.2) is 15.9 Å². The Balaban J connectivity index is 1.71. The van der Waals surface area contributed by atoms with Crippen LogP contribution in [0.3, 0.4) is 0 Å². The number of imidazole rings is 1. The standard InChI is InChI=1S/C13H15N3O/c17-13(7-6-12-9-14-10-16-12)15-8-11-4-2-1-3-5-11/h1-5,9-10H,6-8H2,(H,14,16)(H,15,17).